The molecule has 0 bridgehead atoms. The number of fused-ring (bicyclic) bond motifs is 1. The van der Waals surface area contributed by atoms with E-state index in [0.717, 1.165) is 16.7 Å². The lowest BCUT2D eigenvalue weighted by Crippen LogP contribution is -2.20. The molecule has 0 unspecified atom stereocenters. The number of aromatic nitrogens is 1. The lowest BCUT2D eigenvalue weighted by molar-refractivity contribution is -0.118. The molecule has 1 aromatic heterocycles. The van der Waals surface area contributed by atoms with Crippen LogP contribution in [0.5, 0.6) is 11.5 Å². The number of anilines is 1. The van der Waals surface area contributed by atoms with Gasteiger partial charge in [0.2, 0.25) is 5.89 Å². The van der Waals surface area contributed by atoms with Crippen LogP contribution in [0.4, 0.5) is 5.69 Å². The molecule has 0 saturated heterocycles. The molecule has 0 fully saturated rings. The zero-order valence-corrected chi connectivity index (χ0v) is 20.2. The molecule has 0 aliphatic carbocycles. The van der Waals surface area contributed by atoms with Crippen molar-refractivity contribution >= 4 is 22.7 Å². The number of amides is 1. The third-order valence-electron chi connectivity index (χ3n) is 5.72. The molecule has 3 aromatic carbocycles. The number of carbonyl (C=O) groups excluding carboxylic acids is 1. The van der Waals surface area contributed by atoms with Gasteiger partial charge in [-0.05, 0) is 65.4 Å². The van der Waals surface area contributed by atoms with E-state index in [1.54, 1.807) is 19.2 Å². The molecular weight excluding hydrogens is 428 g/mol. The van der Waals surface area contributed by atoms with Crippen molar-refractivity contribution in [3.05, 3.63) is 71.8 Å². The van der Waals surface area contributed by atoms with E-state index in [1.807, 2.05) is 42.5 Å². The summed E-state index contributed by atoms with van der Waals surface area (Å²) < 4.78 is 17.0. The Balaban J connectivity index is 1.50. The highest BCUT2D eigenvalue weighted by atomic mass is 16.5. The van der Waals surface area contributed by atoms with E-state index in [9.17, 15) is 4.79 Å². The van der Waals surface area contributed by atoms with Gasteiger partial charge in [-0.15, -0.1) is 0 Å². The highest BCUT2D eigenvalue weighted by Gasteiger charge is 2.15. The van der Waals surface area contributed by atoms with Crippen molar-refractivity contribution in [2.75, 3.05) is 19.0 Å². The smallest absolute Gasteiger partial charge is 0.262 e. The predicted molar refractivity (Wildman–Crippen MR) is 135 cm³/mol. The Morgan fingerprint density at radius 3 is 2.32 bits per heavy atom. The van der Waals surface area contributed by atoms with Crippen molar-refractivity contribution in [3.63, 3.8) is 0 Å². The molecule has 4 rings (SSSR count). The Bertz CT molecular complexity index is 1290. The number of hydrogen-bond donors (Lipinski definition) is 1. The van der Waals surface area contributed by atoms with Gasteiger partial charge in [0.1, 0.15) is 17.0 Å². The molecule has 4 aromatic rings. The van der Waals surface area contributed by atoms with Crippen LogP contribution >= 0.6 is 0 Å². The van der Waals surface area contributed by atoms with Gasteiger partial charge >= 0.3 is 0 Å². The number of benzene rings is 3. The minimum atomic E-state index is -0.289. The molecule has 0 spiro atoms. The van der Waals surface area contributed by atoms with Gasteiger partial charge in [0, 0.05) is 5.56 Å². The van der Waals surface area contributed by atoms with Crippen LogP contribution in [-0.4, -0.2) is 24.6 Å². The summed E-state index contributed by atoms with van der Waals surface area (Å²) in [5.41, 5.74) is 5.21. The number of rotatable bonds is 8. The maximum atomic E-state index is 12.6. The summed E-state index contributed by atoms with van der Waals surface area (Å²) >= 11 is 0. The molecule has 0 atom stereocenters. The zero-order valence-electron chi connectivity index (χ0n) is 20.2. The first-order valence-corrected chi connectivity index (χ1v) is 11.5. The molecule has 176 valence electrons. The largest absolute Gasteiger partial charge is 0.495 e. The van der Waals surface area contributed by atoms with Crippen LogP contribution in [0, 0.1) is 0 Å². The van der Waals surface area contributed by atoms with Gasteiger partial charge in [0.25, 0.3) is 5.91 Å². The highest BCUT2D eigenvalue weighted by Crippen LogP contribution is 2.32. The molecular formula is C28H30N2O4. The van der Waals surface area contributed by atoms with E-state index in [0.29, 0.717) is 34.9 Å². The van der Waals surface area contributed by atoms with Crippen LogP contribution in [-0.2, 0) is 4.79 Å². The minimum Gasteiger partial charge on any atom is -0.495 e. The number of carbonyl (C=O) groups is 1. The molecule has 1 heterocycles. The van der Waals surface area contributed by atoms with Crippen LogP contribution in [0.1, 0.15) is 50.7 Å². The fraction of sp³-hybridized carbons (Fsp3) is 0.286. The van der Waals surface area contributed by atoms with Crippen molar-refractivity contribution < 1.29 is 18.7 Å². The molecule has 1 amide bonds. The molecule has 0 radical (unpaired) electrons. The summed E-state index contributed by atoms with van der Waals surface area (Å²) in [7, 11) is 1.56. The van der Waals surface area contributed by atoms with E-state index >= 15 is 0 Å². The second kappa shape index (κ2) is 10.00. The summed E-state index contributed by atoms with van der Waals surface area (Å²) in [4.78, 5) is 17.2. The number of oxazole rings is 1. The van der Waals surface area contributed by atoms with Crippen LogP contribution in [0.25, 0.3) is 22.6 Å². The minimum absolute atomic E-state index is 0.116. The summed E-state index contributed by atoms with van der Waals surface area (Å²) in [6.07, 6.45) is 0. The predicted octanol–water partition coefficient (Wildman–Crippen LogP) is 6.77. The van der Waals surface area contributed by atoms with E-state index in [2.05, 4.69) is 44.1 Å². The van der Waals surface area contributed by atoms with Crippen LogP contribution in [0.15, 0.2) is 65.1 Å². The fourth-order valence-corrected chi connectivity index (χ4v) is 3.65. The van der Waals surface area contributed by atoms with Crippen LogP contribution in [0.2, 0.25) is 0 Å². The average Bonchev–Trinajstić information content (AvgIpc) is 3.26. The van der Waals surface area contributed by atoms with Crippen molar-refractivity contribution in [2.45, 2.75) is 39.5 Å². The second-order valence-corrected chi connectivity index (χ2v) is 8.88. The standard InChI is InChI=1S/C28H30N2O4/c1-17(2)19-6-10-22(11-7-19)33-16-27(31)29-23-15-21(9-12-25(23)32-5)28-30-24-14-20(18(3)4)8-13-26(24)34-28/h6-15,17-18H,16H2,1-5H3,(H,29,31). The maximum Gasteiger partial charge on any atom is 0.262 e. The topological polar surface area (TPSA) is 73.6 Å². The maximum absolute atomic E-state index is 12.6. The van der Waals surface area contributed by atoms with Gasteiger partial charge in [0.15, 0.2) is 12.2 Å². The number of hydrogen-bond acceptors (Lipinski definition) is 5. The molecule has 0 saturated carbocycles. The Labute approximate surface area is 199 Å². The fourth-order valence-electron chi connectivity index (χ4n) is 3.65. The van der Waals surface area contributed by atoms with Crippen molar-refractivity contribution in [1.29, 1.82) is 0 Å². The molecule has 6 heteroatoms. The van der Waals surface area contributed by atoms with Crippen molar-refractivity contribution in [1.82, 2.24) is 4.98 Å². The summed E-state index contributed by atoms with van der Waals surface area (Å²) in [6.45, 7) is 8.44. The van der Waals surface area contributed by atoms with E-state index in [-0.39, 0.29) is 12.5 Å². The van der Waals surface area contributed by atoms with E-state index < -0.39 is 0 Å². The summed E-state index contributed by atoms with van der Waals surface area (Å²) in [5, 5.41) is 2.87. The summed E-state index contributed by atoms with van der Waals surface area (Å²) in [6, 6.07) is 19.2. The number of ether oxygens (including phenoxy) is 2. The van der Waals surface area contributed by atoms with Gasteiger partial charge in [-0.25, -0.2) is 4.98 Å². The Morgan fingerprint density at radius 1 is 0.941 bits per heavy atom. The van der Waals surface area contributed by atoms with Gasteiger partial charge < -0.3 is 19.2 Å². The van der Waals surface area contributed by atoms with Gasteiger partial charge in [-0.1, -0.05) is 45.9 Å². The van der Waals surface area contributed by atoms with E-state index in [4.69, 9.17) is 13.9 Å². The van der Waals surface area contributed by atoms with Gasteiger partial charge in [-0.2, -0.15) is 0 Å². The Morgan fingerprint density at radius 2 is 1.65 bits per heavy atom. The zero-order chi connectivity index (χ0) is 24.2. The molecule has 34 heavy (non-hydrogen) atoms. The van der Waals surface area contributed by atoms with Crippen molar-refractivity contribution in [3.8, 4) is 23.0 Å². The Kier molecular flexibility index (Phi) is 6.87. The van der Waals surface area contributed by atoms with E-state index in [1.165, 1.54) is 11.1 Å². The SMILES string of the molecule is COc1ccc(-c2nc3cc(C(C)C)ccc3o2)cc1NC(=O)COc1ccc(C(C)C)cc1. The van der Waals surface area contributed by atoms with Crippen LogP contribution < -0.4 is 14.8 Å². The number of nitrogens with zero attached hydrogens (tertiary/aromatic N) is 1. The third-order valence-corrected chi connectivity index (χ3v) is 5.72. The van der Waals surface area contributed by atoms with Gasteiger partial charge in [0.05, 0.1) is 12.8 Å². The quantitative estimate of drug-likeness (QED) is 0.315. The highest BCUT2D eigenvalue weighted by molar-refractivity contribution is 5.94. The van der Waals surface area contributed by atoms with Gasteiger partial charge in [-0.3, -0.25) is 4.79 Å². The molecule has 0 aliphatic rings. The first-order valence-electron chi connectivity index (χ1n) is 11.5. The lowest BCUT2D eigenvalue weighted by atomic mass is 10.0. The first-order chi connectivity index (χ1) is 16.3. The normalized spacial score (nSPS) is 11.3. The van der Waals surface area contributed by atoms with Crippen LogP contribution in [0.3, 0.4) is 0 Å². The Hall–Kier alpha value is -3.80. The summed E-state index contributed by atoms with van der Waals surface area (Å²) in [5.74, 6) is 2.22. The monoisotopic (exact) mass is 458 g/mol. The molecule has 6 nitrogen and oxygen atoms in total. The molecule has 0 aliphatic heterocycles. The lowest BCUT2D eigenvalue weighted by Gasteiger charge is -2.12. The molecule has 1 N–H and O–H groups in total. The van der Waals surface area contributed by atoms with Crippen molar-refractivity contribution in [2.24, 2.45) is 0 Å². The number of methoxy groups -OCH3 is 1. The second-order valence-electron chi connectivity index (χ2n) is 8.88. The number of nitrogens with one attached hydrogen (secondary N) is 1. The average molecular weight is 459 g/mol. The first kappa shape index (κ1) is 23.4. The third kappa shape index (κ3) is 5.22.